The van der Waals surface area contributed by atoms with Gasteiger partial charge < -0.3 is 15.2 Å². The molecule has 0 aliphatic carbocycles. The molecular weight excluding hydrogens is 246 g/mol. The summed E-state index contributed by atoms with van der Waals surface area (Å²) in [4.78, 5) is 2.44. The first-order valence-corrected chi connectivity index (χ1v) is 6.81. The molecule has 1 aliphatic rings. The molecule has 0 fully saturated rings. The smallest absolute Gasteiger partial charge is 0.169 e. The van der Waals surface area contributed by atoms with Crippen LogP contribution in [0.4, 0.5) is 5.69 Å². The van der Waals surface area contributed by atoms with Crippen molar-refractivity contribution in [3.05, 3.63) is 29.1 Å². The van der Waals surface area contributed by atoms with E-state index < -0.39 is 0 Å². The second kappa shape index (κ2) is 4.53. The highest BCUT2D eigenvalue weighted by Gasteiger charge is 2.18. The van der Waals surface area contributed by atoms with E-state index in [-0.39, 0.29) is 0 Å². The number of rotatable bonds is 1. The maximum absolute atomic E-state index is 5.95. The minimum absolute atomic E-state index is 0.680. The third-order valence-electron chi connectivity index (χ3n) is 2.88. The zero-order valence-corrected chi connectivity index (χ0v) is 11.0. The second-order valence-electron chi connectivity index (χ2n) is 4.36. The Morgan fingerprint density at radius 2 is 2.00 bits per heavy atom. The summed E-state index contributed by atoms with van der Waals surface area (Å²) in [6.07, 6.45) is 0.900. The molecular formula is C14H15NO2S. The Labute approximate surface area is 110 Å². The summed E-state index contributed by atoms with van der Waals surface area (Å²) >= 11 is 1.74. The maximum atomic E-state index is 5.95. The number of ether oxygens (including phenoxy) is 2. The number of fused-ring (bicyclic) bond motifs is 1. The van der Waals surface area contributed by atoms with Crippen LogP contribution in [0.2, 0.25) is 0 Å². The van der Waals surface area contributed by atoms with Crippen LogP contribution in [0.15, 0.2) is 24.3 Å². The number of anilines is 1. The third kappa shape index (κ3) is 2.04. The molecule has 0 unspecified atom stereocenters. The molecule has 4 heteroatoms. The highest BCUT2D eigenvalue weighted by molar-refractivity contribution is 7.15. The first-order chi connectivity index (χ1) is 8.74. The molecule has 0 amide bonds. The predicted octanol–water partition coefficient (Wildman–Crippen LogP) is 3.47. The van der Waals surface area contributed by atoms with E-state index in [9.17, 15) is 0 Å². The van der Waals surface area contributed by atoms with Crippen molar-refractivity contribution >= 4 is 17.0 Å². The third-order valence-corrected chi connectivity index (χ3v) is 3.91. The fourth-order valence-corrected chi connectivity index (χ4v) is 2.94. The Bertz CT molecular complexity index is 577. The van der Waals surface area contributed by atoms with Crippen LogP contribution in [-0.2, 0) is 0 Å². The van der Waals surface area contributed by atoms with Crippen LogP contribution >= 0.6 is 11.3 Å². The van der Waals surface area contributed by atoms with Crippen molar-refractivity contribution in [1.82, 2.24) is 0 Å². The van der Waals surface area contributed by atoms with Gasteiger partial charge in [-0.15, -0.1) is 11.3 Å². The lowest BCUT2D eigenvalue weighted by Gasteiger charge is -2.12. The van der Waals surface area contributed by atoms with Crippen molar-refractivity contribution in [2.75, 3.05) is 18.9 Å². The lowest BCUT2D eigenvalue weighted by molar-refractivity contribution is 0.297. The number of benzene rings is 1. The molecule has 0 saturated heterocycles. The van der Waals surface area contributed by atoms with Crippen LogP contribution in [-0.4, -0.2) is 13.2 Å². The van der Waals surface area contributed by atoms with Crippen LogP contribution in [0, 0.1) is 6.92 Å². The predicted molar refractivity (Wildman–Crippen MR) is 74.5 cm³/mol. The number of hydrogen-bond donors (Lipinski definition) is 1. The Kier molecular flexibility index (Phi) is 2.88. The number of nitrogens with two attached hydrogens (primary N) is 1. The Morgan fingerprint density at radius 3 is 2.78 bits per heavy atom. The van der Waals surface area contributed by atoms with Crippen molar-refractivity contribution in [3.63, 3.8) is 0 Å². The normalized spacial score (nSPS) is 14.3. The molecule has 0 atom stereocenters. The average molecular weight is 261 g/mol. The van der Waals surface area contributed by atoms with Gasteiger partial charge in [-0.05, 0) is 25.1 Å². The van der Waals surface area contributed by atoms with Gasteiger partial charge in [0.25, 0.3) is 0 Å². The van der Waals surface area contributed by atoms with Crippen molar-refractivity contribution in [1.29, 1.82) is 0 Å². The number of aryl methyl sites for hydroxylation is 1. The van der Waals surface area contributed by atoms with Crippen LogP contribution in [0.1, 0.15) is 11.3 Å². The maximum Gasteiger partial charge on any atom is 0.169 e. The fraction of sp³-hybridized carbons (Fsp3) is 0.286. The first kappa shape index (κ1) is 11.4. The van der Waals surface area contributed by atoms with Gasteiger partial charge >= 0.3 is 0 Å². The van der Waals surface area contributed by atoms with Gasteiger partial charge in [-0.1, -0.05) is 0 Å². The molecule has 1 aromatic heterocycles. The van der Waals surface area contributed by atoms with E-state index in [1.807, 2.05) is 12.1 Å². The fourth-order valence-electron chi connectivity index (χ4n) is 2.06. The average Bonchev–Trinajstić information content (AvgIpc) is 2.63. The summed E-state index contributed by atoms with van der Waals surface area (Å²) in [6.45, 7) is 3.46. The quantitative estimate of drug-likeness (QED) is 0.799. The minimum atomic E-state index is 0.680. The summed E-state index contributed by atoms with van der Waals surface area (Å²) < 4.78 is 11.5. The number of thiophene rings is 1. The zero-order chi connectivity index (χ0) is 12.5. The molecule has 0 radical (unpaired) electrons. The molecule has 2 N–H and O–H groups in total. The van der Waals surface area contributed by atoms with Crippen LogP contribution in [0.5, 0.6) is 11.5 Å². The van der Waals surface area contributed by atoms with Gasteiger partial charge in [0, 0.05) is 33.5 Å². The van der Waals surface area contributed by atoms with Crippen molar-refractivity contribution in [2.24, 2.45) is 0 Å². The minimum Gasteiger partial charge on any atom is -0.489 e. The van der Waals surface area contributed by atoms with E-state index in [4.69, 9.17) is 15.2 Å². The van der Waals surface area contributed by atoms with Crippen molar-refractivity contribution in [3.8, 4) is 21.9 Å². The number of nitrogen functional groups attached to an aromatic ring is 1. The molecule has 0 saturated carbocycles. The largest absolute Gasteiger partial charge is 0.489 e. The summed E-state index contributed by atoms with van der Waals surface area (Å²) in [5.41, 5.74) is 7.69. The van der Waals surface area contributed by atoms with Gasteiger partial charge in [-0.3, -0.25) is 0 Å². The summed E-state index contributed by atoms with van der Waals surface area (Å²) in [6, 6.07) is 8.00. The van der Waals surface area contributed by atoms with Crippen LogP contribution in [0.25, 0.3) is 10.4 Å². The van der Waals surface area contributed by atoms with Crippen LogP contribution in [0.3, 0.4) is 0 Å². The van der Waals surface area contributed by atoms with E-state index in [0.29, 0.717) is 18.9 Å². The summed E-state index contributed by atoms with van der Waals surface area (Å²) in [5.74, 6) is 1.58. The summed E-state index contributed by atoms with van der Waals surface area (Å²) in [5, 5.41) is 0. The van der Waals surface area contributed by atoms with Gasteiger partial charge in [-0.25, -0.2) is 0 Å². The monoisotopic (exact) mass is 261 g/mol. The highest BCUT2D eigenvalue weighted by Crippen LogP contribution is 2.43. The Balaban J connectivity index is 2.16. The Morgan fingerprint density at radius 1 is 1.17 bits per heavy atom. The molecule has 3 rings (SSSR count). The molecule has 1 aliphatic heterocycles. The zero-order valence-electron chi connectivity index (χ0n) is 10.2. The molecule has 18 heavy (non-hydrogen) atoms. The lowest BCUT2D eigenvalue weighted by Crippen LogP contribution is -1.97. The molecule has 0 spiro atoms. The standard InChI is InChI=1S/C14H15NO2S/c1-9-3-4-13(18-9)11-7-10(15)8-12-14(11)17-6-2-5-16-12/h3-4,7-8H,2,5-6,15H2,1H3. The van der Waals surface area contributed by atoms with Gasteiger partial charge in [0.15, 0.2) is 11.5 Å². The van der Waals surface area contributed by atoms with Crippen LogP contribution < -0.4 is 15.2 Å². The summed E-state index contributed by atoms with van der Waals surface area (Å²) in [7, 11) is 0. The van der Waals surface area contributed by atoms with E-state index >= 15 is 0 Å². The van der Waals surface area contributed by atoms with Gasteiger partial charge in [0.1, 0.15) is 0 Å². The Hall–Kier alpha value is -1.68. The van der Waals surface area contributed by atoms with Crippen molar-refractivity contribution < 1.29 is 9.47 Å². The molecule has 94 valence electrons. The lowest BCUT2D eigenvalue weighted by atomic mass is 10.1. The molecule has 2 aromatic rings. The van der Waals surface area contributed by atoms with Crippen molar-refractivity contribution in [2.45, 2.75) is 13.3 Å². The molecule has 1 aromatic carbocycles. The molecule has 0 bridgehead atoms. The first-order valence-electron chi connectivity index (χ1n) is 6.00. The highest BCUT2D eigenvalue weighted by atomic mass is 32.1. The number of hydrogen-bond acceptors (Lipinski definition) is 4. The SMILES string of the molecule is Cc1ccc(-c2cc(N)cc3c2OCCCO3)s1. The van der Waals surface area contributed by atoms with E-state index in [0.717, 1.165) is 23.5 Å². The van der Waals surface area contributed by atoms with Gasteiger partial charge in [0.2, 0.25) is 0 Å². The van der Waals surface area contributed by atoms with E-state index in [1.54, 1.807) is 11.3 Å². The van der Waals surface area contributed by atoms with Gasteiger partial charge in [-0.2, -0.15) is 0 Å². The van der Waals surface area contributed by atoms with E-state index in [2.05, 4.69) is 19.1 Å². The second-order valence-corrected chi connectivity index (χ2v) is 5.64. The van der Waals surface area contributed by atoms with E-state index in [1.165, 1.54) is 9.75 Å². The van der Waals surface area contributed by atoms with Gasteiger partial charge in [0.05, 0.1) is 13.2 Å². The molecule has 3 nitrogen and oxygen atoms in total. The topological polar surface area (TPSA) is 44.5 Å². The molecule has 2 heterocycles.